The zero-order valence-corrected chi connectivity index (χ0v) is 14.0. The lowest BCUT2D eigenvalue weighted by Crippen LogP contribution is -2.40. The van der Waals surface area contributed by atoms with E-state index in [-0.39, 0.29) is 17.7 Å². The van der Waals surface area contributed by atoms with Gasteiger partial charge >= 0.3 is 0 Å². The molecule has 6 nitrogen and oxygen atoms in total. The predicted molar refractivity (Wildman–Crippen MR) is 90.5 cm³/mol. The molecule has 26 heavy (non-hydrogen) atoms. The van der Waals surface area contributed by atoms with Crippen LogP contribution in [-0.2, 0) is 12.1 Å². The molecule has 0 bridgehead atoms. The van der Waals surface area contributed by atoms with Crippen LogP contribution in [0.5, 0.6) is 0 Å². The molecule has 0 aliphatic carbocycles. The van der Waals surface area contributed by atoms with E-state index < -0.39 is 29.0 Å². The van der Waals surface area contributed by atoms with Crippen LogP contribution < -0.4 is 5.73 Å². The topological polar surface area (TPSA) is 89.3 Å². The number of nitrogens with zero attached hydrogens (tertiary/aromatic N) is 4. The highest BCUT2D eigenvalue weighted by atomic mass is 19.1. The summed E-state index contributed by atoms with van der Waals surface area (Å²) in [5.41, 5.74) is 2.72. The van der Waals surface area contributed by atoms with Crippen LogP contribution in [0.2, 0.25) is 0 Å². The summed E-state index contributed by atoms with van der Waals surface area (Å²) in [6.07, 6.45) is 4.26. The van der Waals surface area contributed by atoms with Gasteiger partial charge in [0.2, 0.25) is 0 Å². The molecule has 138 valence electrons. The molecule has 0 saturated carbocycles. The number of nitrogens with two attached hydrogens (primary N) is 1. The third-order valence-corrected chi connectivity index (χ3v) is 4.09. The molecule has 0 aliphatic rings. The van der Waals surface area contributed by atoms with Crippen LogP contribution in [0.3, 0.4) is 0 Å². The molecule has 0 saturated heterocycles. The van der Waals surface area contributed by atoms with Gasteiger partial charge in [0.1, 0.15) is 35.7 Å². The first-order chi connectivity index (χ1) is 12.3. The van der Waals surface area contributed by atoms with Gasteiger partial charge in [0.05, 0.1) is 19.1 Å². The van der Waals surface area contributed by atoms with Crippen molar-refractivity contribution in [2.45, 2.75) is 19.1 Å². The Morgan fingerprint density at radius 2 is 2.23 bits per heavy atom. The smallest absolute Gasteiger partial charge is 0.144 e. The average Bonchev–Trinajstić information content (AvgIpc) is 3.10. The number of benzene rings is 1. The molecule has 1 heterocycles. The minimum absolute atomic E-state index is 0.137. The lowest BCUT2D eigenvalue weighted by molar-refractivity contribution is -0.0261. The fourth-order valence-corrected chi connectivity index (χ4v) is 2.54. The molecular formula is C17H18F3N5O. The van der Waals surface area contributed by atoms with Crippen LogP contribution in [0.25, 0.3) is 0 Å². The van der Waals surface area contributed by atoms with Crippen LogP contribution >= 0.6 is 0 Å². The second-order valence-corrected chi connectivity index (χ2v) is 5.66. The van der Waals surface area contributed by atoms with Gasteiger partial charge in [0.25, 0.3) is 0 Å². The van der Waals surface area contributed by atoms with Crippen molar-refractivity contribution in [1.82, 2.24) is 14.8 Å². The van der Waals surface area contributed by atoms with Crippen LogP contribution in [0.4, 0.5) is 13.2 Å². The Labute approximate surface area is 148 Å². The van der Waals surface area contributed by atoms with Gasteiger partial charge in [0.15, 0.2) is 0 Å². The molecule has 0 aliphatic heterocycles. The highest BCUT2D eigenvalue weighted by Crippen LogP contribution is 2.39. The molecule has 0 unspecified atom stereocenters. The Morgan fingerprint density at radius 3 is 2.81 bits per heavy atom. The first-order valence-corrected chi connectivity index (χ1v) is 7.58. The fourth-order valence-electron chi connectivity index (χ4n) is 2.54. The van der Waals surface area contributed by atoms with E-state index in [0.29, 0.717) is 6.07 Å². The van der Waals surface area contributed by atoms with Crippen molar-refractivity contribution in [2.24, 2.45) is 16.6 Å². The lowest BCUT2D eigenvalue weighted by Gasteiger charge is -2.35. The molecule has 2 atom stereocenters. The number of aliphatic hydroxyl groups is 1. The second-order valence-electron chi connectivity index (χ2n) is 5.66. The van der Waals surface area contributed by atoms with Crippen LogP contribution in [0.15, 0.2) is 60.0 Å². The van der Waals surface area contributed by atoms with Gasteiger partial charge in [-0.25, -0.2) is 27.8 Å². The summed E-state index contributed by atoms with van der Waals surface area (Å²) in [5, 5.41) is 15.2. The Balaban J connectivity index is 2.51. The summed E-state index contributed by atoms with van der Waals surface area (Å²) in [6, 6.07) is 2.75. The number of aromatic nitrogens is 3. The Morgan fingerprint density at radius 1 is 1.50 bits per heavy atom. The molecule has 0 fully saturated rings. The van der Waals surface area contributed by atoms with Gasteiger partial charge in [-0.2, -0.15) is 5.10 Å². The van der Waals surface area contributed by atoms with Crippen molar-refractivity contribution in [3.8, 4) is 0 Å². The van der Waals surface area contributed by atoms with Crippen molar-refractivity contribution < 1.29 is 18.3 Å². The van der Waals surface area contributed by atoms with Gasteiger partial charge in [-0.15, -0.1) is 0 Å². The standard InChI is InChI=1S/C17H18F3N5O/c1-11(16(20)6-22-8-21)12(2)17(26,7-25-10-23-9-24-25)14-4-3-13(18)5-15(14)19/h3-6,8-10,12,26H,1,7H2,2H3,(H2,21,22)/b16-6+/t12-,17-/m1/s1. The number of allylic oxidation sites excluding steroid dienone is 1. The molecule has 9 heteroatoms. The maximum atomic E-state index is 14.4. The largest absolute Gasteiger partial charge is 0.390 e. The van der Waals surface area contributed by atoms with Gasteiger partial charge in [-0.1, -0.05) is 19.6 Å². The Kier molecular flexibility index (Phi) is 5.93. The second kappa shape index (κ2) is 7.96. The molecule has 1 aromatic carbocycles. The molecule has 0 radical (unpaired) electrons. The Bertz CT molecular complexity index is 835. The first kappa shape index (κ1) is 19.4. The van der Waals surface area contributed by atoms with E-state index in [1.165, 1.54) is 24.3 Å². The van der Waals surface area contributed by atoms with Gasteiger partial charge in [-0.05, 0) is 11.6 Å². The number of halogens is 3. The summed E-state index contributed by atoms with van der Waals surface area (Å²) < 4.78 is 43.1. The zero-order chi connectivity index (χ0) is 19.3. The number of rotatable bonds is 7. The van der Waals surface area contributed by atoms with Gasteiger partial charge in [-0.3, -0.25) is 0 Å². The Hall–Kier alpha value is -2.94. The van der Waals surface area contributed by atoms with E-state index in [1.54, 1.807) is 0 Å². The fraction of sp³-hybridized carbons (Fsp3) is 0.235. The monoisotopic (exact) mass is 365 g/mol. The van der Waals surface area contributed by atoms with Gasteiger partial charge in [0, 0.05) is 17.5 Å². The summed E-state index contributed by atoms with van der Waals surface area (Å²) in [7, 11) is 0. The van der Waals surface area contributed by atoms with Crippen molar-refractivity contribution in [2.75, 3.05) is 0 Å². The number of aliphatic imine (C=N–C) groups is 1. The molecule has 1 aromatic heterocycles. The van der Waals surface area contributed by atoms with Crippen LogP contribution in [-0.4, -0.2) is 26.2 Å². The van der Waals surface area contributed by atoms with E-state index in [4.69, 9.17) is 5.73 Å². The predicted octanol–water partition coefficient (Wildman–Crippen LogP) is 2.43. The minimum Gasteiger partial charge on any atom is -0.390 e. The summed E-state index contributed by atoms with van der Waals surface area (Å²) in [6.45, 7) is 4.81. The average molecular weight is 365 g/mol. The lowest BCUT2D eigenvalue weighted by atomic mass is 9.77. The molecule has 0 spiro atoms. The maximum absolute atomic E-state index is 14.4. The quantitative estimate of drug-likeness (QED) is 0.448. The first-order valence-electron chi connectivity index (χ1n) is 7.58. The van der Waals surface area contributed by atoms with Crippen molar-refractivity contribution in [3.63, 3.8) is 0 Å². The summed E-state index contributed by atoms with van der Waals surface area (Å²) in [4.78, 5) is 7.22. The van der Waals surface area contributed by atoms with E-state index in [1.807, 2.05) is 0 Å². The van der Waals surface area contributed by atoms with E-state index in [9.17, 15) is 18.3 Å². The highest BCUT2D eigenvalue weighted by molar-refractivity contribution is 5.52. The SMILES string of the molecule is C=C(/C(F)=C\N=C/N)[C@@H](C)[C@](O)(Cn1cncn1)c1ccc(F)cc1F. The van der Waals surface area contributed by atoms with Crippen LogP contribution in [0.1, 0.15) is 12.5 Å². The maximum Gasteiger partial charge on any atom is 0.144 e. The van der Waals surface area contributed by atoms with Gasteiger partial charge < -0.3 is 10.8 Å². The molecule has 2 rings (SSSR count). The molecular weight excluding hydrogens is 347 g/mol. The third-order valence-electron chi connectivity index (χ3n) is 4.09. The molecule has 3 N–H and O–H groups in total. The summed E-state index contributed by atoms with van der Waals surface area (Å²) in [5.74, 6) is -3.63. The van der Waals surface area contributed by atoms with Crippen molar-refractivity contribution in [1.29, 1.82) is 0 Å². The number of hydrogen-bond donors (Lipinski definition) is 2. The number of hydrogen-bond acceptors (Lipinski definition) is 4. The van der Waals surface area contributed by atoms with E-state index >= 15 is 0 Å². The van der Waals surface area contributed by atoms with Crippen LogP contribution in [0, 0.1) is 17.6 Å². The van der Waals surface area contributed by atoms with E-state index in [2.05, 4.69) is 21.7 Å². The molecule has 0 amide bonds. The third kappa shape index (κ3) is 3.99. The van der Waals surface area contributed by atoms with Crippen molar-refractivity contribution in [3.05, 3.63) is 72.2 Å². The van der Waals surface area contributed by atoms with Crippen molar-refractivity contribution >= 4 is 6.34 Å². The van der Waals surface area contributed by atoms with E-state index in [0.717, 1.165) is 24.7 Å². The summed E-state index contributed by atoms with van der Waals surface area (Å²) >= 11 is 0. The highest BCUT2D eigenvalue weighted by Gasteiger charge is 2.41. The normalized spacial score (nSPS) is 15.8. The zero-order valence-electron chi connectivity index (χ0n) is 14.0. The minimum atomic E-state index is -1.99. The molecule has 2 aromatic rings.